The van der Waals surface area contributed by atoms with Gasteiger partial charge in [-0.3, -0.25) is 5.41 Å². The van der Waals surface area contributed by atoms with Crippen LogP contribution in [0.4, 0.5) is 0 Å². The van der Waals surface area contributed by atoms with Crippen molar-refractivity contribution in [1.82, 2.24) is 0 Å². The first-order valence-corrected chi connectivity index (χ1v) is 5.64. The van der Waals surface area contributed by atoms with Crippen molar-refractivity contribution >= 4 is 5.87 Å². The van der Waals surface area contributed by atoms with Gasteiger partial charge in [0.1, 0.15) is 0 Å². The molecule has 0 saturated heterocycles. The van der Waals surface area contributed by atoms with E-state index >= 15 is 0 Å². The quantitative estimate of drug-likeness (QED) is 0.635. The van der Waals surface area contributed by atoms with Crippen molar-refractivity contribution in [3.8, 4) is 0 Å². The highest BCUT2D eigenvalue weighted by Crippen LogP contribution is 2.32. The highest BCUT2D eigenvalue weighted by Gasteiger charge is 2.20. The molecule has 0 spiro atoms. The van der Waals surface area contributed by atoms with Gasteiger partial charge in [0, 0.05) is 0 Å². The fourth-order valence-corrected chi connectivity index (χ4v) is 2.46. The van der Waals surface area contributed by atoms with E-state index in [9.17, 15) is 0 Å². The third-order valence-electron chi connectivity index (χ3n) is 3.17. The van der Waals surface area contributed by atoms with E-state index in [1.807, 2.05) is 6.08 Å². The molecule has 1 saturated carbocycles. The summed E-state index contributed by atoms with van der Waals surface area (Å²) in [6, 6.07) is 0. The molecule has 1 N–H and O–H groups in total. The van der Waals surface area contributed by atoms with Gasteiger partial charge in [0.05, 0.1) is 0 Å². The summed E-state index contributed by atoms with van der Waals surface area (Å²) in [5.41, 5.74) is 0. The zero-order valence-electron chi connectivity index (χ0n) is 8.68. The van der Waals surface area contributed by atoms with Gasteiger partial charge >= 0.3 is 0 Å². The first-order chi connectivity index (χ1) is 6.38. The van der Waals surface area contributed by atoms with E-state index in [4.69, 9.17) is 5.41 Å². The predicted molar refractivity (Wildman–Crippen MR) is 57.3 cm³/mol. The Balaban J connectivity index is 2.45. The largest absolute Gasteiger partial charge is 0.259 e. The summed E-state index contributed by atoms with van der Waals surface area (Å²) in [6.45, 7) is 2.23. The zero-order valence-corrected chi connectivity index (χ0v) is 8.68. The molecule has 0 bridgehead atoms. The minimum absolute atomic E-state index is 0.641. The van der Waals surface area contributed by atoms with E-state index < -0.39 is 0 Å². The molecule has 0 amide bonds. The maximum Gasteiger partial charge on any atom is -0.0114 e. The van der Waals surface area contributed by atoms with Gasteiger partial charge in [-0.25, -0.2) is 0 Å². The highest BCUT2D eigenvalue weighted by atomic mass is 14.3. The van der Waals surface area contributed by atoms with Crippen LogP contribution >= 0.6 is 0 Å². The van der Waals surface area contributed by atoms with E-state index in [1.54, 1.807) is 0 Å². The molecular weight excluding hydrogens is 158 g/mol. The lowest BCUT2D eigenvalue weighted by Gasteiger charge is -2.27. The average Bonchev–Trinajstić information content (AvgIpc) is 2.19. The van der Waals surface area contributed by atoms with Crippen molar-refractivity contribution in [1.29, 1.82) is 5.41 Å². The van der Waals surface area contributed by atoms with Crippen molar-refractivity contribution in [2.45, 2.75) is 51.9 Å². The monoisotopic (exact) mass is 179 g/mol. The summed E-state index contributed by atoms with van der Waals surface area (Å²) in [5.74, 6) is 3.97. The summed E-state index contributed by atoms with van der Waals surface area (Å²) in [6.07, 6.45) is 11.4. The van der Waals surface area contributed by atoms with Crippen molar-refractivity contribution in [3.63, 3.8) is 0 Å². The summed E-state index contributed by atoms with van der Waals surface area (Å²) < 4.78 is 0. The normalized spacial score (nSPS) is 20.7. The SMILES string of the molecule is CCCC(C=C=N)C1CCCCC1. The Labute approximate surface area is 81.7 Å². The van der Waals surface area contributed by atoms with Crippen molar-refractivity contribution < 1.29 is 0 Å². The molecule has 1 aliphatic carbocycles. The first kappa shape index (κ1) is 10.5. The van der Waals surface area contributed by atoms with Gasteiger partial charge in [-0.2, -0.15) is 0 Å². The van der Waals surface area contributed by atoms with E-state index in [2.05, 4.69) is 12.8 Å². The molecule has 0 aliphatic heterocycles. The second kappa shape index (κ2) is 5.99. The van der Waals surface area contributed by atoms with Crippen LogP contribution < -0.4 is 0 Å². The van der Waals surface area contributed by atoms with Crippen molar-refractivity contribution in [3.05, 3.63) is 6.08 Å². The molecule has 1 aliphatic rings. The summed E-state index contributed by atoms with van der Waals surface area (Å²) in [4.78, 5) is 0. The second-order valence-electron chi connectivity index (χ2n) is 4.16. The van der Waals surface area contributed by atoms with Gasteiger partial charge in [0.15, 0.2) is 0 Å². The molecule has 0 radical (unpaired) electrons. The Morgan fingerprint density at radius 1 is 1.38 bits per heavy atom. The van der Waals surface area contributed by atoms with Gasteiger partial charge in [-0.05, 0) is 43.0 Å². The Morgan fingerprint density at radius 2 is 2.08 bits per heavy atom. The lowest BCUT2D eigenvalue weighted by molar-refractivity contribution is 0.275. The molecule has 1 nitrogen and oxygen atoms in total. The van der Waals surface area contributed by atoms with Crippen LogP contribution in [0, 0.1) is 17.2 Å². The minimum atomic E-state index is 0.641. The molecule has 1 atom stereocenters. The molecule has 13 heavy (non-hydrogen) atoms. The molecule has 1 rings (SSSR count). The van der Waals surface area contributed by atoms with Crippen LogP contribution in [0.5, 0.6) is 0 Å². The number of rotatable bonds is 4. The van der Waals surface area contributed by atoms with Gasteiger partial charge in [0.2, 0.25) is 0 Å². The molecule has 0 aromatic heterocycles. The second-order valence-corrected chi connectivity index (χ2v) is 4.16. The fraction of sp³-hybridized carbons (Fsp3) is 0.833. The Morgan fingerprint density at radius 3 is 2.62 bits per heavy atom. The number of hydrogen-bond donors (Lipinski definition) is 1. The molecule has 1 fully saturated rings. The van der Waals surface area contributed by atoms with Crippen LogP contribution in [-0.2, 0) is 0 Å². The molecule has 1 unspecified atom stereocenters. The maximum absolute atomic E-state index is 7.02. The van der Waals surface area contributed by atoms with Gasteiger partial charge < -0.3 is 0 Å². The topological polar surface area (TPSA) is 23.9 Å². The molecule has 74 valence electrons. The Kier molecular flexibility index (Phi) is 4.85. The van der Waals surface area contributed by atoms with Crippen molar-refractivity contribution in [2.75, 3.05) is 0 Å². The van der Waals surface area contributed by atoms with Crippen LogP contribution in [0.15, 0.2) is 6.08 Å². The highest BCUT2D eigenvalue weighted by molar-refractivity contribution is 5.47. The van der Waals surface area contributed by atoms with Crippen LogP contribution in [0.2, 0.25) is 0 Å². The lowest BCUT2D eigenvalue weighted by atomic mass is 9.78. The van der Waals surface area contributed by atoms with Gasteiger partial charge in [0.25, 0.3) is 0 Å². The molecule has 0 aromatic carbocycles. The number of hydrogen-bond acceptors (Lipinski definition) is 1. The molecule has 0 heterocycles. The molecule has 1 heteroatoms. The van der Waals surface area contributed by atoms with Crippen molar-refractivity contribution in [2.24, 2.45) is 11.8 Å². The van der Waals surface area contributed by atoms with Gasteiger partial charge in [-0.15, -0.1) is 0 Å². The molecular formula is C12H21N. The van der Waals surface area contributed by atoms with Gasteiger partial charge in [-0.1, -0.05) is 32.6 Å². The lowest BCUT2D eigenvalue weighted by Crippen LogP contribution is -2.16. The number of nitrogens with one attached hydrogen (secondary N) is 1. The molecule has 0 aromatic rings. The van der Waals surface area contributed by atoms with Crippen LogP contribution in [0.1, 0.15) is 51.9 Å². The third kappa shape index (κ3) is 3.36. The zero-order chi connectivity index (χ0) is 9.52. The predicted octanol–water partition coefficient (Wildman–Crippen LogP) is 3.79. The van der Waals surface area contributed by atoms with Crippen LogP contribution in [0.25, 0.3) is 0 Å². The van der Waals surface area contributed by atoms with Crippen LogP contribution in [0.3, 0.4) is 0 Å². The van der Waals surface area contributed by atoms with E-state index in [0.29, 0.717) is 5.92 Å². The third-order valence-corrected chi connectivity index (χ3v) is 3.17. The summed E-state index contributed by atoms with van der Waals surface area (Å²) in [5, 5.41) is 7.02. The summed E-state index contributed by atoms with van der Waals surface area (Å²) >= 11 is 0. The van der Waals surface area contributed by atoms with E-state index in [-0.39, 0.29) is 0 Å². The van der Waals surface area contributed by atoms with E-state index in [0.717, 1.165) is 5.92 Å². The Hall–Kier alpha value is -0.550. The standard InChI is InChI=1S/C12H21N/c1-2-6-11(9-10-13)12-7-4-3-5-8-12/h9,11-13H,2-8H2,1H3. The fourth-order valence-electron chi connectivity index (χ4n) is 2.46. The smallest absolute Gasteiger partial charge is 0.0114 e. The minimum Gasteiger partial charge on any atom is -0.259 e. The number of allylic oxidation sites excluding steroid dienone is 1. The average molecular weight is 179 g/mol. The maximum atomic E-state index is 7.02. The van der Waals surface area contributed by atoms with Crippen LogP contribution in [-0.4, -0.2) is 5.87 Å². The Bertz CT molecular complexity index is 174. The summed E-state index contributed by atoms with van der Waals surface area (Å²) in [7, 11) is 0. The first-order valence-electron chi connectivity index (χ1n) is 5.64. The van der Waals surface area contributed by atoms with E-state index in [1.165, 1.54) is 44.9 Å².